The molecular weight excluding hydrogens is 891 g/mol. The molecule has 0 aromatic heterocycles. The van der Waals surface area contributed by atoms with Gasteiger partial charge in [0.1, 0.15) is 29.7 Å². The van der Waals surface area contributed by atoms with Crippen LogP contribution in [-0.4, -0.2) is 149 Å². The first kappa shape index (κ1) is 61.0. The number of carbonyl (C=O) groups is 4. The van der Waals surface area contributed by atoms with Gasteiger partial charge in [0.05, 0.1) is 53.5 Å². The molecule has 16 heteroatoms. The van der Waals surface area contributed by atoms with Crippen molar-refractivity contribution in [3.63, 3.8) is 0 Å². The first-order valence-electron chi connectivity index (χ1n) is 26.4. The lowest BCUT2D eigenvalue weighted by atomic mass is 9.74. The predicted octanol–water partition coefficient (Wildman–Crippen LogP) is 7.61. The Morgan fingerprint density at radius 3 is 1.84 bits per heavy atom. The fourth-order valence-electron chi connectivity index (χ4n) is 10.9. The van der Waals surface area contributed by atoms with Gasteiger partial charge in [0.25, 0.3) is 0 Å². The van der Waals surface area contributed by atoms with Crippen LogP contribution in [0.2, 0.25) is 0 Å². The fraction of sp³-hybridized carbons (Fsp3) is 0.925. The van der Waals surface area contributed by atoms with E-state index >= 15 is 0 Å². The van der Waals surface area contributed by atoms with Crippen LogP contribution >= 0.6 is 0 Å². The second-order valence-electron chi connectivity index (χ2n) is 21.7. The van der Waals surface area contributed by atoms with Gasteiger partial charge >= 0.3 is 17.9 Å². The number of carbonyl (C=O) groups excluding carboxylic acids is 4. The molecule has 0 saturated carbocycles. The summed E-state index contributed by atoms with van der Waals surface area (Å²) >= 11 is 0. The molecule has 3 fully saturated rings. The topological polar surface area (TPSA) is 206 Å². The Morgan fingerprint density at radius 1 is 0.739 bits per heavy atom. The largest absolute Gasteiger partial charge is 0.459 e. The lowest BCUT2D eigenvalue weighted by molar-refractivity contribution is -0.319. The van der Waals surface area contributed by atoms with Crippen LogP contribution in [0.3, 0.4) is 0 Å². The summed E-state index contributed by atoms with van der Waals surface area (Å²) in [7, 11) is 5.28. The van der Waals surface area contributed by atoms with E-state index in [0.717, 1.165) is 51.4 Å². The van der Waals surface area contributed by atoms with Crippen LogP contribution in [0.15, 0.2) is 0 Å². The monoisotopic (exact) mass is 986 g/mol. The molecule has 3 rings (SSSR count). The number of ketones is 1. The molecule has 0 unspecified atom stereocenters. The van der Waals surface area contributed by atoms with E-state index in [1.54, 1.807) is 55.4 Å². The molecule has 16 nitrogen and oxygen atoms in total. The van der Waals surface area contributed by atoms with Crippen LogP contribution in [0.1, 0.15) is 186 Å². The van der Waals surface area contributed by atoms with Crippen LogP contribution in [0.5, 0.6) is 0 Å². The van der Waals surface area contributed by atoms with Gasteiger partial charge in [-0.2, -0.15) is 0 Å². The van der Waals surface area contributed by atoms with Crippen LogP contribution in [-0.2, 0) is 57.1 Å². The zero-order valence-corrected chi connectivity index (χ0v) is 45.2. The number of unbranched alkanes of at least 4 members (excludes halogenated alkanes) is 8. The summed E-state index contributed by atoms with van der Waals surface area (Å²) in [6.07, 6.45) is -0.422. The molecule has 0 bridgehead atoms. The number of likely N-dealkylation sites (N-methyl/N-ethyl adjacent to an activating group) is 1. The molecule has 3 aliphatic heterocycles. The third kappa shape index (κ3) is 16.6. The molecule has 3 N–H and O–H groups in total. The summed E-state index contributed by atoms with van der Waals surface area (Å²) in [5.41, 5.74) is -5.01. The third-order valence-electron chi connectivity index (χ3n) is 15.2. The summed E-state index contributed by atoms with van der Waals surface area (Å²) in [4.78, 5) is 58.6. The zero-order valence-electron chi connectivity index (χ0n) is 45.2. The number of aliphatic hydroxyl groups excluding tert-OH is 1. The first-order valence-corrected chi connectivity index (χ1v) is 26.4. The van der Waals surface area contributed by atoms with E-state index < -0.39 is 119 Å². The standard InChI is InChI=1S/C53H95NO15/c1-16-19-21-23-25-27-40(55)66-45-38(54(13)14)29-33(5)63-50(45)69-47-35(7)44(68-42-31-52(11,62-15)46(58)37(9)64-42)36(8)49(59)65-39(18-3)53(12,61)48(67-41(56)28-26-24-22-20-17-2)34(6)43(57)32(4)30-51(47,10)60/h32-39,42,44-48,50,58,60-61H,16-31H2,1-15H3/t32-,33-,34+,35+,36-,37+,38+,39-,42+,44+,45-,46+,47-,48-,50+,51+,52-,53+/m1/s1. The molecule has 0 radical (unpaired) electrons. The Hall–Kier alpha value is -2.28. The van der Waals surface area contributed by atoms with Crippen LogP contribution < -0.4 is 0 Å². The molecule has 3 heterocycles. The van der Waals surface area contributed by atoms with E-state index in [9.17, 15) is 34.5 Å². The summed E-state index contributed by atoms with van der Waals surface area (Å²) in [5.74, 6) is -6.18. The molecule has 18 atom stereocenters. The number of rotatable bonds is 21. The number of hydrogen-bond acceptors (Lipinski definition) is 16. The maximum atomic E-state index is 14.7. The van der Waals surface area contributed by atoms with Crippen molar-refractivity contribution in [3.05, 3.63) is 0 Å². The van der Waals surface area contributed by atoms with Crippen LogP contribution in [0.25, 0.3) is 0 Å². The van der Waals surface area contributed by atoms with E-state index in [1.807, 2.05) is 25.9 Å². The Labute approximate surface area is 414 Å². The number of aliphatic hydroxyl groups is 3. The molecule has 0 amide bonds. The van der Waals surface area contributed by atoms with Crippen LogP contribution in [0, 0.1) is 23.7 Å². The average Bonchev–Trinajstić information content (AvgIpc) is 3.28. The fourth-order valence-corrected chi connectivity index (χ4v) is 10.9. The van der Waals surface area contributed by atoms with Gasteiger partial charge in [0.2, 0.25) is 0 Å². The Kier molecular flexibility index (Phi) is 24.5. The third-order valence-corrected chi connectivity index (χ3v) is 15.2. The van der Waals surface area contributed by atoms with Gasteiger partial charge in [0, 0.05) is 38.2 Å². The molecule has 69 heavy (non-hydrogen) atoms. The first-order chi connectivity index (χ1) is 32.3. The van der Waals surface area contributed by atoms with Crippen LogP contribution in [0.4, 0.5) is 0 Å². The zero-order chi connectivity index (χ0) is 52.0. The van der Waals surface area contributed by atoms with Gasteiger partial charge < -0.3 is 58.1 Å². The Morgan fingerprint density at radius 2 is 1.30 bits per heavy atom. The van der Waals surface area contributed by atoms with Gasteiger partial charge in [0.15, 0.2) is 18.7 Å². The number of ether oxygens (including phenoxy) is 8. The van der Waals surface area contributed by atoms with Crippen molar-refractivity contribution >= 4 is 23.7 Å². The SMILES string of the molecule is CCCCCCCC(=O)O[C@H]1[C@H](O[C@@H]2[C@@H](C)[C@H](O[C@H]3C[C@@](C)(OC)[C@@H](O)[C@H](C)O3)[C@@H](C)C(=O)O[C@H](CC)[C@](C)(O)[C@H](OC(=O)CCCCCCC)[C@@H](C)C(=O)[C@H](C)C[C@]2(C)O)O[C@H](C)C[C@@H]1N(C)C. The normalized spacial score (nSPS) is 39.7. The molecule has 0 spiro atoms. The van der Waals surface area contributed by atoms with Crippen molar-refractivity contribution in [3.8, 4) is 0 Å². The number of Topliss-reactive ketones (excluding diaryl/α,β-unsaturated/α-hetero) is 1. The Balaban J connectivity index is 2.22. The number of nitrogens with zero attached hydrogens (tertiary/aromatic N) is 1. The molecule has 0 aromatic rings. The second-order valence-corrected chi connectivity index (χ2v) is 21.7. The number of methoxy groups -OCH3 is 1. The van der Waals surface area contributed by atoms with Crippen molar-refractivity contribution < 1.29 is 72.4 Å². The van der Waals surface area contributed by atoms with Gasteiger partial charge in [-0.05, 0) is 87.7 Å². The lowest BCUT2D eigenvalue weighted by Gasteiger charge is -2.49. The maximum absolute atomic E-state index is 14.7. The highest BCUT2D eigenvalue weighted by atomic mass is 16.7. The lowest BCUT2D eigenvalue weighted by Crippen LogP contribution is -2.62. The molecule has 0 aromatic carbocycles. The summed E-state index contributed by atoms with van der Waals surface area (Å²) in [6, 6.07) is -0.339. The summed E-state index contributed by atoms with van der Waals surface area (Å²) in [5, 5.41) is 36.6. The molecular formula is C53H95NO15. The highest BCUT2D eigenvalue weighted by Gasteiger charge is 2.55. The smallest absolute Gasteiger partial charge is 0.311 e. The predicted molar refractivity (Wildman–Crippen MR) is 261 cm³/mol. The van der Waals surface area contributed by atoms with Gasteiger partial charge in [-0.25, -0.2) is 0 Å². The minimum atomic E-state index is -2.03. The average molecular weight is 986 g/mol. The van der Waals surface area contributed by atoms with E-state index in [-0.39, 0.29) is 44.2 Å². The van der Waals surface area contributed by atoms with E-state index in [1.165, 1.54) is 14.0 Å². The quantitative estimate of drug-likeness (QED) is 0.0575. The van der Waals surface area contributed by atoms with Crippen molar-refractivity contribution in [2.45, 2.75) is 270 Å². The summed E-state index contributed by atoms with van der Waals surface area (Å²) < 4.78 is 51.0. The highest BCUT2D eigenvalue weighted by Crippen LogP contribution is 2.42. The van der Waals surface area contributed by atoms with Crippen molar-refractivity contribution in [1.82, 2.24) is 4.90 Å². The minimum absolute atomic E-state index is 0.0630. The van der Waals surface area contributed by atoms with Gasteiger partial charge in [-0.1, -0.05) is 92.9 Å². The number of esters is 3. The maximum Gasteiger partial charge on any atom is 0.311 e. The number of hydrogen-bond donors (Lipinski definition) is 3. The highest BCUT2D eigenvalue weighted by molar-refractivity contribution is 5.84. The summed E-state index contributed by atoms with van der Waals surface area (Å²) in [6.45, 7) is 20.9. The molecule has 0 aliphatic carbocycles. The van der Waals surface area contributed by atoms with Gasteiger partial charge in [-0.15, -0.1) is 0 Å². The van der Waals surface area contributed by atoms with E-state index in [2.05, 4.69) is 13.8 Å². The van der Waals surface area contributed by atoms with E-state index in [4.69, 9.17) is 37.9 Å². The molecule has 3 aliphatic rings. The Bertz CT molecular complexity index is 1590. The van der Waals surface area contributed by atoms with Crippen molar-refractivity contribution in [2.24, 2.45) is 23.7 Å². The minimum Gasteiger partial charge on any atom is -0.459 e. The number of cyclic esters (lactones) is 1. The van der Waals surface area contributed by atoms with Crippen molar-refractivity contribution in [2.75, 3.05) is 21.2 Å². The van der Waals surface area contributed by atoms with Crippen molar-refractivity contribution in [1.29, 1.82) is 0 Å². The van der Waals surface area contributed by atoms with Gasteiger partial charge in [-0.3, -0.25) is 19.2 Å². The second kappa shape index (κ2) is 27.7. The van der Waals surface area contributed by atoms with E-state index in [0.29, 0.717) is 19.3 Å². The molecule has 402 valence electrons. The molecule has 3 saturated heterocycles.